The number of likely N-dealkylation sites (N-methyl/N-ethyl adjacent to an activating group) is 2. The van der Waals surface area contributed by atoms with E-state index in [9.17, 15) is 4.79 Å². The van der Waals surface area contributed by atoms with E-state index in [4.69, 9.17) is 9.73 Å². The number of hydrogen-bond donors (Lipinski definition) is 1. The average Bonchev–Trinajstić information content (AvgIpc) is 3.36. The van der Waals surface area contributed by atoms with Crippen LogP contribution in [0.15, 0.2) is 4.99 Å². The summed E-state index contributed by atoms with van der Waals surface area (Å²) < 4.78 is 5.74. The molecule has 1 aliphatic heterocycles. The molecule has 1 saturated carbocycles. The number of halogens is 1. The molecule has 2 rings (SSSR count). The maximum absolute atomic E-state index is 12.3. The molecule has 2 aliphatic rings. The molecule has 0 aromatic rings. The van der Waals surface area contributed by atoms with E-state index in [-0.39, 0.29) is 35.9 Å². The number of carbonyl (C=O) groups excluding carboxylic acids is 1. The van der Waals surface area contributed by atoms with E-state index in [1.165, 1.54) is 12.8 Å². The number of likely N-dealkylation sites (tertiary alicyclic amines) is 1. The van der Waals surface area contributed by atoms with Gasteiger partial charge in [0.25, 0.3) is 0 Å². The number of guanidine groups is 1. The molecule has 8 heteroatoms. The predicted molar refractivity (Wildman–Crippen MR) is 125 cm³/mol. The molecule has 0 aromatic carbocycles. The molecule has 0 radical (unpaired) electrons. The van der Waals surface area contributed by atoms with Gasteiger partial charge >= 0.3 is 0 Å². The fourth-order valence-corrected chi connectivity index (χ4v) is 3.44. The van der Waals surface area contributed by atoms with Crippen molar-refractivity contribution in [3.63, 3.8) is 0 Å². The number of nitrogens with zero attached hydrogens (tertiary/aromatic N) is 4. The molecule has 0 bridgehead atoms. The van der Waals surface area contributed by atoms with Crippen LogP contribution in [-0.2, 0) is 9.53 Å². The zero-order valence-electron chi connectivity index (χ0n) is 18.2. The van der Waals surface area contributed by atoms with Crippen molar-refractivity contribution < 1.29 is 9.53 Å². The van der Waals surface area contributed by atoms with E-state index in [0.29, 0.717) is 0 Å². The Hall–Kier alpha value is -0.610. The Morgan fingerprint density at radius 1 is 1.25 bits per heavy atom. The first-order valence-electron chi connectivity index (χ1n) is 10.5. The van der Waals surface area contributed by atoms with Crippen molar-refractivity contribution in [2.45, 2.75) is 45.1 Å². The minimum absolute atomic E-state index is 0. The van der Waals surface area contributed by atoms with Crippen LogP contribution < -0.4 is 5.32 Å². The Morgan fingerprint density at radius 3 is 2.64 bits per heavy atom. The lowest BCUT2D eigenvalue weighted by Crippen LogP contribution is -2.43. The number of amides is 1. The van der Waals surface area contributed by atoms with E-state index in [1.54, 1.807) is 4.90 Å². The van der Waals surface area contributed by atoms with Gasteiger partial charge in [-0.3, -0.25) is 14.7 Å². The predicted octanol–water partition coefficient (Wildman–Crippen LogP) is 1.87. The Morgan fingerprint density at radius 2 is 2.00 bits per heavy atom. The molecule has 1 atom stereocenters. The standard InChI is InChI=1S/C20H39N5O2.HI/c1-5-21-20(24(4)14-15-27-16-17-9-10-17)22-11-7-13-25-12-6-8-18(25)19(26)23(2)3;/h17-18H,5-16H2,1-4H3,(H,21,22);1H. The smallest absolute Gasteiger partial charge is 0.239 e. The van der Waals surface area contributed by atoms with Crippen molar-refractivity contribution >= 4 is 35.8 Å². The van der Waals surface area contributed by atoms with Crippen LogP contribution in [0.1, 0.15) is 39.0 Å². The summed E-state index contributed by atoms with van der Waals surface area (Å²) >= 11 is 0. The molecule has 0 aromatic heterocycles. The Bertz CT molecular complexity index is 485. The van der Waals surface area contributed by atoms with E-state index in [1.807, 2.05) is 14.1 Å². The van der Waals surface area contributed by atoms with E-state index in [0.717, 1.165) is 77.1 Å². The van der Waals surface area contributed by atoms with Gasteiger partial charge < -0.3 is 19.9 Å². The van der Waals surface area contributed by atoms with E-state index < -0.39 is 0 Å². The van der Waals surface area contributed by atoms with E-state index >= 15 is 0 Å². The zero-order chi connectivity index (χ0) is 19.6. The van der Waals surface area contributed by atoms with Gasteiger partial charge in [0, 0.05) is 53.9 Å². The second-order valence-electron chi connectivity index (χ2n) is 7.96. The number of carbonyl (C=O) groups is 1. The zero-order valence-corrected chi connectivity index (χ0v) is 20.5. The minimum Gasteiger partial charge on any atom is -0.379 e. The Balaban J connectivity index is 0.00000392. The molecule has 1 heterocycles. The highest BCUT2D eigenvalue weighted by Crippen LogP contribution is 2.28. The molecule has 7 nitrogen and oxygen atoms in total. The van der Waals surface area contributed by atoms with Crippen molar-refractivity contribution in [3.8, 4) is 0 Å². The van der Waals surface area contributed by atoms with Crippen molar-refractivity contribution in [1.29, 1.82) is 0 Å². The van der Waals surface area contributed by atoms with Crippen LogP contribution in [0.25, 0.3) is 0 Å². The van der Waals surface area contributed by atoms with E-state index in [2.05, 4.69) is 29.1 Å². The van der Waals surface area contributed by atoms with Gasteiger partial charge in [-0.15, -0.1) is 24.0 Å². The van der Waals surface area contributed by atoms with Crippen molar-refractivity contribution in [3.05, 3.63) is 0 Å². The molecule has 1 saturated heterocycles. The number of nitrogens with one attached hydrogen (secondary N) is 1. The lowest BCUT2D eigenvalue weighted by atomic mass is 10.2. The van der Waals surface area contributed by atoms with Gasteiger partial charge in [0.15, 0.2) is 5.96 Å². The molecule has 1 aliphatic carbocycles. The van der Waals surface area contributed by atoms with Gasteiger partial charge in [0.2, 0.25) is 5.91 Å². The maximum atomic E-state index is 12.3. The second-order valence-corrected chi connectivity index (χ2v) is 7.96. The molecule has 28 heavy (non-hydrogen) atoms. The SMILES string of the molecule is CCNC(=NCCCN1CCCC1C(=O)N(C)C)N(C)CCOCC1CC1.I. The Kier molecular flexibility index (Phi) is 12.3. The van der Waals surface area contributed by atoms with Gasteiger partial charge in [0.1, 0.15) is 0 Å². The molecular formula is C20H40IN5O2. The fraction of sp³-hybridized carbons (Fsp3) is 0.900. The third kappa shape index (κ3) is 8.82. The molecular weight excluding hydrogens is 469 g/mol. The number of hydrogen-bond acceptors (Lipinski definition) is 4. The van der Waals surface area contributed by atoms with Crippen molar-refractivity contribution in [2.24, 2.45) is 10.9 Å². The summed E-state index contributed by atoms with van der Waals surface area (Å²) in [7, 11) is 5.75. The summed E-state index contributed by atoms with van der Waals surface area (Å²) in [5.41, 5.74) is 0. The first-order chi connectivity index (χ1) is 13.0. The third-order valence-electron chi connectivity index (χ3n) is 5.27. The second kappa shape index (κ2) is 13.6. The maximum Gasteiger partial charge on any atom is 0.239 e. The third-order valence-corrected chi connectivity index (χ3v) is 5.27. The summed E-state index contributed by atoms with van der Waals surface area (Å²) in [5, 5.41) is 3.36. The number of aliphatic imine (C=N–C) groups is 1. The molecule has 1 N–H and O–H groups in total. The van der Waals surface area contributed by atoms with Crippen LogP contribution >= 0.6 is 24.0 Å². The van der Waals surface area contributed by atoms with Gasteiger partial charge in [-0.2, -0.15) is 0 Å². The molecule has 1 amide bonds. The largest absolute Gasteiger partial charge is 0.379 e. The van der Waals surface area contributed by atoms with Crippen molar-refractivity contribution in [2.75, 3.05) is 67.1 Å². The summed E-state index contributed by atoms with van der Waals surface area (Å²) in [5.74, 6) is 1.98. The van der Waals surface area contributed by atoms with Crippen LogP contribution in [0.4, 0.5) is 0 Å². The van der Waals surface area contributed by atoms with Gasteiger partial charge in [0.05, 0.1) is 12.6 Å². The topological polar surface area (TPSA) is 60.4 Å². The van der Waals surface area contributed by atoms with Crippen LogP contribution in [-0.4, -0.2) is 99.7 Å². The number of rotatable bonds is 11. The average molecular weight is 509 g/mol. The van der Waals surface area contributed by atoms with Gasteiger partial charge in [-0.25, -0.2) is 0 Å². The number of ether oxygens (including phenoxy) is 1. The summed E-state index contributed by atoms with van der Waals surface area (Å²) in [6, 6.07) is 0.0588. The van der Waals surface area contributed by atoms with Gasteiger partial charge in [-0.1, -0.05) is 0 Å². The monoisotopic (exact) mass is 509 g/mol. The summed E-state index contributed by atoms with van der Waals surface area (Å²) in [6.07, 6.45) is 5.72. The lowest BCUT2D eigenvalue weighted by molar-refractivity contribution is -0.133. The molecule has 0 spiro atoms. The lowest BCUT2D eigenvalue weighted by Gasteiger charge is -2.26. The molecule has 164 valence electrons. The summed E-state index contributed by atoms with van der Waals surface area (Å²) in [6.45, 7) is 8.18. The first kappa shape index (κ1) is 25.4. The highest BCUT2D eigenvalue weighted by atomic mass is 127. The van der Waals surface area contributed by atoms with Crippen LogP contribution in [0.3, 0.4) is 0 Å². The first-order valence-corrected chi connectivity index (χ1v) is 10.5. The Labute approximate surface area is 188 Å². The molecule has 1 unspecified atom stereocenters. The van der Waals surface area contributed by atoms with Crippen molar-refractivity contribution in [1.82, 2.24) is 20.0 Å². The highest BCUT2D eigenvalue weighted by Gasteiger charge is 2.30. The van der Waals surface area contributed by atoms with Crippen LogP contribution in [0.5, 0.6) is 0 Å². The van der Waals surface area contributed by atoms with Crippen LogP contribution in [0.2, 0.25) is 0 Å². The van der Waals surface area contributed by atoms with Gasteiger partial charge in [-0.05, 0) is 51.5 Å². The molecule has 2 fully saturated rings. The minimum atomic E-state index is 0. The van der Waals surface area contributed by atoms with Crippen LogP contribution in [0, 0.1) is 5.92 Å². The quantitative estimate of drug-likeness (QED) is 0.200. The normalized spacial score (nSPS) is 20.0. The summed E-state index contributed by atoms with van der Waals surface area (Å²) in [4.78, 5) is 23.2. The highest BCUT2D eigenvalue weighted by molar-refractivity contribution is 14.0. The fourth-order valence-electron chi connectivity index (χ4n) is 3.44.